The molecule has 1 N–H and O–H groups in total. The second kappa shape index (κ2) is 16.3. The van der Waals surface area contributed by atoms with E-state index in [0.717, 1.165) is 33.0 Å². The van der Waals surface area contributed by atoms with Gasteiger partial charge in [-0.05, 0) is 81.6 Å². The molecule has 0 radical (unpaired) electrons. The van der Waals surface area contributed by atoms with Gasteiger partial charge in [0.2, 0.25) is 11.8 Å². The Balaban J connectivity index is 1.80. The number of carbonyl (C=O) groups is 2. The number of amides is 2. The number of anilines is 1. The van der Waals surface area contributed by atoms with E-state index < -0.39 is 28.5 Å². The van der Waals surface area contributed by atoms with E-state index in [2.05, 4.69) is 5.32 Å². The summed E-state index contributed by atoms with van der Waals surface area (Å²) in [4.78, 5) is 30.1. The van der Waals surface area contributed by atoms with Crippen LogP contribution in [0.4, 0.5) is 5.69 Å². The summed E-state index contributed by atoms with van der Waals surface area (Å²) in [5.41, 5.74) is 3.99. The maximum absolute atomic E-state index is 14.6. The topological polar surface area (TPSA) is 96.0 Å². The van der Waals surface area contributed by atoms with E-state index in [0.29, 0.717) is 18.0 Å². The van der Waals surface area contributed by atoms with E-state index in [1.807, 2.05) is 89.2 Å². The molecule has 4 aromatic carbocycles. The zero-order chi connectivity index (χ0) is 34.0. The molecule has 0 fully saturated rings. The third-order valence-electron chi connectivity index (χ3n) is 8.07. The van der Waals surface area contributed by atoms with Crippen molar-refractivity contribution in [1.82, 2.24) is 10.2 Å². The lowest BCUT2D eigenvalue weighted by Crippen LogP contribution is -2.54. The van der Waals surface area contributed by atoms with Crippen LogP contribution >= 0.6 is 0 Å². The van der Waals surface area contributed by atoms with Gasteiger partial charge in [-0.25, -0.2) is 8.42 Å². The van der Waals surface area contributed by atoms with Crippen LogP contribution in [0.25, 0.3) is 0 Å². The fraction of sp³-hybridized carbons (Fsp3) is 0.316. The van der Waals surface area contributed by atoms with Crippen molar-refractivity contribution < 1.29 is 22.7 Å². The molecule has 0 aromatic heterocycles. The van der Waals surface area contributed by atoms with Gasteiger partial charge < -0.3 is 15.0 Å². The van der Waals surface area contributed by atoms with Crippen molar-refractivity contribution >= 4 is 27.5 Å². The molecular formula is C38H45N3O5S. The van der Waals surface area contributed by atoms with Crippen LogP contribution in [0.2, 0.25) is 0 Å². The van der Waals surface area contributed by atoms with Crippen LogP contribution in [0.5, 0.6) is 5.75 Å². The zero-order valence-electron chi connectivity index (χ0n) is 27.8. The van der Waals surface area contributed by atoms with E-state index in [1.165, 1.54) is 4.90 Å². The smallest absolute Gasteiger partial charge is 0.264 e. The molecule has 248 valence electrons. The van der Waals surface area contributed by atoms with Gasteiger partial charge in [0.1, 0.15) is 18.3 Å². The van der Waals surface area contributed by atoms with Gasteiger partial charge in [-0.3, -0.25) is 13.9 Å². The number of aryl methyl sites for hydroxylation is 2. The molecule has 0 bridgehead atoms. The standard InChI is InChI=1S/C38H45N3O5S/c1-6-30(5)39-38(43)36(25-31-11-9-8-10-12-31)40(26-32-17-13-28(3)14-18-32)37(42)27-41(33-19-21-34(22-20-33)46-7-2)47(44,45)35-23-15-29(4)16-24-35/h8-24,30,36H,6-7,25-27H2,1-5H3,(H,39,43)/t30-,36+/m1/s1. The number of ether oxygens (including phenoxy) is 1. The van der Waals surface area contributed by atoms with Crippen LogP contribution in [-0.4, -0.2) is 50.4 Å². The summed E-state index contributed by atoms with van der Waals surface area (Å²) in [5, 5.41) is 3.07. The predicted molar refractivity (Wildman–Crippen MR) is 187 cm³/mol. The van der Waals surface area contributed by atoms with E-state index in [1.54, 1.807) is 48.5 Å². The minimum atomic E-state index is -4.19. The molecular weight excluding hydrogens is 611 g/mol. The van der Waals surface area contributed by atoms with Crippen molar-refractivity contribution in [1.29, 1.82) is 0 Å². The Morgan fingerprint density at radius 2 is 1.38 bits per heavy atom. The highest BCUT2D eigenvalue weighted by Gasteiger charge is 2.35. The van der Waals surface area contributed by atoms with Gasteiger partial charge in [-0.15, -0.1) is 0 Å². The molecule has 2 atom stereocenters. The number of nitrogens with one attached hydrogen (secondary N) is 1. The Morgan fingerprint density at radius 3 is 1.96 bits per heavy atom. The highest BCUT2D eigenvalue weighted by atomic mass is 32.2. The van der Waals surface area contributed by atoms with E-state index in [4.69, 9.17) is 4.74 Å². The molecule has 0 unspecified atom stereocenters. The number of hydrogen-bond donors (Lipinski definition) is 1. The van der Waals surface area contributed by atoms with Gasteiger partial charge in [0.05, 0.1) is 17.2 Å². The van der Waals surface area contributed by atoms with Gasteiger partial charge in [-0.1, -0.05) is 84.8 Å². The molecule has 4 rings (SSSR count). The first-order valence-corrected chi connectivity index (χ1v) is 17.5. The molecule has 0 aliphatic carbocycles. The molecule has 2 amide bonds. The second-order valence-corrected chi connectivity index (χ2v) is 13.6. The number of benzene rings is 4. The molecule has 0 spiro atoms. The molecule has 47 heavy (non-hydrogen) atoms. The summed E-state index contributed by atoms with van der Waals surface area (Å²) < 4.78 is 35.2. The maximum atomic E-state index is 14.6. The SMILES string of the molecule is CCOc1ccc(N(CC(=O)N(Cc2ccc(C)cc2)[C@@H](Cc2ccccc2)C(=O)N[C@H](C)CC)S(=O)(=O)c2ccc(C)cc2)cc1. The third-order valence-corrected chi connectivity index (χ3v) is 9.86. The van der Waals surface area contributed by atoms with Gasteiger partial charge in [0.25, 0.3) is 10.0 Å². The molecule has 0 aliphatic heterocycles. The summed E-state index contributed by atoms with van der Waals surface area (Å²) in [6.45, 7) is 9.69. The zero-order valence-corrected chi connectivity index (χ0v) is 28.7. The van der Waals surface area contributed by atoms with Crippen molar-refractivity contribution in [3.8, 4) is 5.75 Å². The quantitative estimate of drug-likeness (QED) is 0.159. The van der Waals surface area contributed by atoms with E-state index in [9.17, 15) is 18.0 Å². The van der Waals surface area contributed by atoms with Crippen molar-refractivity contribution in [2.45, 2.75) is 71.0 Å². The van der Waals surface area contributed by atoms with Crippen molar-refractivity contribution in [3.63, 3.8) is 0 Å². The largest absolute Gasteiger partial charge is 0.494 e. The van der Waals surface area contributed by atoms with E-state index >= 15 is 0 Å². The number of sulfonamides is 1. The van der Waals surface area contributed by atoms with Crippen LogP contribution in [0.1, 0.15) is 49.4 Å². The first-order valence-electron chi connectivity index (χ1n) is 16.0. The Labute approximate surface area is 279 Å². The van der Waals surface area contributed by atoms with Gasteiger partial charge in [0, 0.05) is 19.0 Å². The first-order chi connectivity index (χ1) is 22.5. The maximum Gasteiger partial charge on any atom is 0.264 e. The Morgan fingerprint density at radius 1 is 0.787 bits per heavy atom. The summed E-state index contributed by atoms with van der Waals surface area (Å²) in [5.74, 6) is -0.214. The minimum absolute atomic E-state index is 0.0604. The molecule has 9 heteroatoms. The summed E-state index contributed by atoms with van der Waals surface area (Å²) in [6, 6.07) is 29.5. The van der Waals surface area contributed by atoms with Crippen LogP contribution in [0.15, 0.2) is 108 Å². The van der Waals surface area contributed by atoms with Crippen LogP contribution < -0.4 is 14.4 Å². The number of rotatable bonds is 15. The molecule has 4 aromatic rings. The highest BCUT2D eigenvalue weighted by molar-refractivity contribution is 7.92. The second-order valence-electron chi connectivity index (χ2n) is 11.8. The lowest BCUT2D eigenvalue weighted by Gasteiger charge is -2.34. The fourth-order valence-electron chi connectivity index (χ4n) is 5.13. The minimum Gasteiger partial charge on any atom is -0.494 e. The van der Waals surface area contributed by atoms with Crippen LogP contribution in [0, 0.1) is 13.8 Å². The van der Waals surface area contributed by atoms with Crippen LogP contribution in [-0.2, 0) is 32.6 Å². The summed E-state index contributed by atoms with van der Waals surface area (Å²) in [7, 11) is -4.19. The average molecular weight is 656 g/mol. The number of carbonyl (C=O) groups excluding carboxylic acids is 2. The monoisotopic (exact) mass is 655 g/mol. The summed E-state index contributed by atoms with van der Waals surface area (Å²) >= 11 is 0. The summed E-state index contributed by atoms with van der Waals surface area (Å²) in [6.07, 6.45) is 0.977. The fourth-order valence-corrected chi connectivity index (χ4v) is 6.54. The van der Waals surface area contributed by atoms with Crippen molar-refractivity contribution in [2.75, 3.05) is 17.5 Å². The van der Waals surface area contributed by atoms with E-state index in [-0.39, 0.29) is 29.8 Å². The third kappa shape index (κ3) is 9.45. The highest BCUT2D eigenvalue weighted by Crippen LogP contribution is 2.27. The molecule has 8 nitrogen and oxygen atoms in total. The molecule has 0 saturated carbocycles. The average Bonchev–Trinajstić information content (AvgIpc) is 3.07. The van der Waals surface area contributed by atoms with Gasteiger partial charge >= 0.3 is 0 Å². The van der Waals surface area contributed by atoms with Crippen LogP contribution in [0.3, 0.4) is 0 Å². The van der Waals surface area contributed by atoms with Gasteiger partial charge in [-0.2, -0.15) is 0 Å². The first kappa shape index (κ1) is 35.2. The number of nitrogens with zero attached hydrogens (tertiary/aromatic N) is 2. The molecule has 0 saturated heterocycles. The lowest BCUT2D eigenvalue weighted by atomic mass is 10.0. The molecule has 0 aliphatic rings. The van der Waals surface area contributed by atoms with Gasteiger partial charge in [0.15, 0.2) is 0 Å². The molecule has 0 heterocycles. The Kier molecular flexibility index (Phi) is 12.2. The van der Waals surface area contributed by atoms with Crippen molar-refractivity contribution in [2.24, 2.45) is 0 Å². The Bertz CT molecular complexity index is 1710. The van der Waals surface area contributed by atoms with Crippen molar-refractivity contribution in [3.05, 3.63) is 125 Å². The Hall–Kier alpha value is -4.63. The lowest BCUT2D eigenvalue weighted by molar-refractivity contribution is -0.140. The predicted octanol–water partition coefficient (Wildman–Crippen LogP) is 6.45. The number of hydrogen-bond acceptors (Lipinski definition) is 5. The normalized spacial score (nSPS) is 12.5.